The van der Waals surface area contributed by atoms with Crippen molar-refractivity contribution in [3.05, 3.63) is 64.6 Å². The molecule has 0 aliphatic heterocycles. The van der Waals surface area contributed by atoms with E-state index in [2.05, 4.69) is 10.3 Å². The molecule has 0 saturated heterocycles. The number of hydrogen-bond acceptors (Lipinski definition) is 1. The van der Waals surface area contributed by atoms with Crippen LogP contribution in [-0.4, -0.2) is 10.9 Å². The summed E-state index contributed by atoms with van der Waals surface area (Å²) in [7, 11) is 0. The first-order valence-electron chi connectivity index (χ1n) is 6.39. The van der Waals surface area contributed by atoms with Gasteiger partial charge in [0.05, 0.1) is 0 Å². The van der Waals surface area contributed by atoms with E-state index >= 15 is 0 Å². The van der Waals surface area contributed by atoms with E-state index in [0.717, 1.165) is 5.56 Å². The summed E-state index contributed by atoms with van der Waals surface area (Å²) in [5.41, 5.74) is 2.63. The van der Waals surface area contributed by atoms with E-state index < -0.39 is 0 Å². The Labute approximate surface area is 125 Å². The molecule has 0 unspecified atom stereocenters. The molecule has 0 aliphatic carbocycles. The Morgan fingerprint density at radius 3 is 2.76 bits per heavy atom. The normalized spacial score (nSPS) is 10.8. The van der Waals surface area contributed by atoms with Gasteiger partial charge in [0.15, 0.2) is 0 Å². The highest BCUT2D eigenvalue weighted by molar-refractivity contribution is 6.31. The molecular formula is C16H12ClFN2O. The molecule has 3 aromatic rings. The first kappa shape index (κ1) is 13.6. The van der Waals surface area contributed by atoms with Crippen LogP contribution in [0.3, 0.4) is 0 Å². The highest BCUT2D eigenvalue weighted by atomic mass is 35.5. The molecule has 0 spiro atoms. The minimum absolute atomic E-state index is 0.300. The van der Waals surface area contributed by atoms with Gasteiger partial charge in [0.1, 0.15) is 11.5 Å². The van der Waals surface area contributed by atoms with E-state index in [4.69, 9.17) is 11.6 Å². The van der Waals surface area contributed by atoms with E-state index in [1.807, 2.05) is 13.0 Å². The molecule has 106 valence electrons. The number of anilines is 1. The van der Waals surface area contributed by atoms with Crippen LogP contribution in [0.5, 0.6) is 0 Å². The molecule has 1 heterocycles. The maximum absolute atomic E-state index is 13.1. The third-order valence-corrected chi connectivity index (χ3v) is 3.66. The maximum atomic E-state index is 13.1. The van der Waals surface area contributed by atoms with E-state index in [1.54, 1.807) is 24.3 Å². The van der Waals surface area contributed by atoms with Crippen molar-refractivity contribution in [2.75, 3.05) is 5.32 Å². The van der Waals surface area contributed by atoms with E-state index in [9.17, 15) is 9.18 Å². The molecule has 21 heavy (non-hydrogen) atoms. The molecule has 1 amide bonds. The van der Waals surface area contributed by atoms with Crippen LogP contribution in [-0.2, 0) is 0 Å². The lowest BCUT2D eigenvalue weighted by Crippen LogP contribution is -2.12. The van der Waals surface area contributed by atoms with Crippen LogP contribution < -0.4 is 5.32 Å². The summed E-state index contributed by atoms with van der Waals surface area (Å²) < 4.78 is 13.1. The van der Waals surface area contributed by atoms with Crippen LogP contribution in [0.2, 0.25) is 5.02 Å². The van der Waals surface area contributed by atoms with Gasteiger partial charge in [-0.2, -0.15) is 0 Å². The number of benzene rings is 2. The Balaban J connectivity index is 1.87. The quantitative estimate of drug-likeness (QED) is 0.718. The largest absolute Gasteiger partial charge is 0.351 e. The SMILES string of the molecule is Cc1ccc(NC(=O)c2cc3cc(F)ccc3[nH]2)cc1Cl. The van der Waals surface area contributed by atoms with Crippen molar-refractivity contribution in [2.45, 2.75) is 6.92 Å². The number of halogens is 2. The fourth-order valence-corrected chi connectivity index (χ4v) is 2.28. The van der Waals surface area contributed by atoms with Crippen molar-refractivity contribution in [1.29, 1.82) is 0 Å². The zero-order valence-electron chi connectivity index (χ0n) is 11.2. The van der Waals surface area contributed by atoms with Gasteiger partial charge >= 0.3 is 0 Å². The van der Waals surface area contributed by atoms with Gasteiger partial charge in [-0.3, -0.25) is 4.79 Å². The molecule has 0 bridgehead atoms. The molecule has 3 rings (SSSR count). The smallest absolute Gasteiger partial charge is 0.272 e. The van der Waals surface area contributed by atoms with Crippen molar-refractivity contribution < 1.29 is 9.18 Å². The highest BCUT2D eigenvalue weighted by Crippen LogP contribution is 2.21. The lowest BCUT2D eigenvalue weighted by atomic mass is 10.2. The number of nitrogens with one attached hydrogen (secondary N) is 2. The van der Waals surface area contributed by atoms with Gasteiger partial charge in [-0.15, -0.1) is 0 Å². The van der Waals surface area contributed by atoms with E-state index in [0.29, 0.717) is 27.3 Å². The molecule has 0 fully saturated rings. The Hall–Kier alpha value is -2.33. The van der Waals surface area contributed by atoms with Gasteiger partial charge in [-0.1, -0.05) is 17.7 Å². The number of aromatic nitrogens is 1. The third kappa shape index (κ3) is 2.76. The second kappa shape index (κ2) is 5.22. The van der Waals surface area contributed by atoms with Gasteiger partial charge in [0, 0.05) is 21.6 Å². The lowest BCUT2D eigenvalue weighted by Gasteiger charge is -2.05. The predicted octanol–water partition coefficient (Wildman–Crippen LogP) is 4.52. The number of amides is 1. The average molecular weight is 303 g/mol. The number of fused-ring (bicyclic) bond motifs is 1. The van der Waals surface area contributed by atoms with E-state index in [-0.39, 0.29) is 11.7 Å². The summed E-state index contributed by atoms with van der Waals surface area (Å²) >= 11 is 6.02. The zero-order chi connectivity index (χ0) is 15.0. The summed E-state index contributed by atoms with van der Waals surface area (Å²) in [6, 6.07) is 11.2. The second-order valence-corrected chi connectivity index (χ2v) is 5.24. The molecule has 5 heteroatoms. The first-order chi connectivity index (χ1) is 10.0. The van der Waals surface area contributed by atoms with Gasteiger partial charge in [0.25, 0.3) is 5.91 Å². The minimum atomic E-state index is -0.334. The van der Waals surface area contributed by atoms with Crippen molar-refractivity contribution in [3.63, 3.8) is 0 Å². The Morgan fingerprint density at radius 1 is 1.19 bits per heavy atom. The maximum Gasteiger partial charge on any atom is 0.272 e. The summed E-state index contributed by atoms with van der Waals surface area (Å²) in [4.78, 5) is 15.1. The van der Waals surface area contributed by atoms with Crippen molar-refractivity contribution in [1.82, 2.24) is 4.98 Å². The monoisotopic (exact) mass is 302 g/mol. The fourth-order valence-electron chi connectivity index (χ4n) is 2.09. The molecule has 0 aliphatic rings. The van der Waals surface area contributed by atoms with Crippen LogP contribution in [0.4, 0.5) is 10.1 Å². The van der Waals surface area contributed by atoms with Crippen LogP contribution in [0.25, 0.3) is 10.9 Å². The molecule has 2 N–H and O–H groups in total. The number of aromatic amines is 1. The molecule has 0 radical (unpaired) electrons. The molecule has 1 aromatic heterocycles. The van der Waals surface area contributed by atoms with E-state index in [1.165, 1.54) is 12.1 Å². The second-order valence-electron chi connectivity index (χ2n) is 4.83. The van der Waals surface area contributed by atoms with Crippen LogP contribution in [0.1, 0.15) is 16.1 Å². The van der Waals surface area contributed by atoms with Crippen LogP contribution in [0, 0.1) is 12.7 Å². The van der Waals surface area contributed by atoms with Gasteiger partial charge in [0.2, 0.25) is 0 Å². The highest BCUT2D eigenvalue weighted by Gasteiger charge is 2.10. The molecular weight excluding hydrogens is 291 g/mol. The van der Waals surface area contributed by atoms with Gasteiger partial charge in [-0.05, 0) is 48.9 Å². The predicted molar refractivity (Wildman–Crippen MR) is 82.4 cm³/mol. The Kier molecular flexibility index (Phi) is 3.39. The van der Waals surface area contributed by atoms with Gasteiger partial charge < -0.3 is 10.3 Å². The van der Waals surface area contributed by atoms with Crippen molar-refractivity contribution in [3.8, 4) is 0 Å². The fraction of sp³-hybridized carbons (Fsp3) is 0.0625. The summed E-state index contributed by atoms with van der Waals surface area (Å²) in [5.74, 6) is -0.634. The Bertz CT molecular complexity index is 841. The van der Waals surface area contributed by atoms with Crippen molar-refractivity contribution in [2.24, 2.45) is 0 Å². The van der Waals surface area contributed by atoms with Crippen LogP contribution >= 0.6 is 11.6 Å². The number of carbonyl (C=O) groups excluding carboxylic acids is 1. The standard InChI is InChI=1S/C16H12ClFN2O/c1-9-2-4-12(8-13(9)17)19-16(21)15-7-10-6-11(18)3-5-14(10)20-15/h2-8,20H,1H3,(H,19,21). The number of rotatable bonds is 2. The molecule has 2 aromatic carbocycles. The third-order valence-electron chi connectivity index (χ3n) is 3.26. The number of carbonyl (C=O) groups is 1. The zero-order valence-corrected chi connectivity index (χ0v) is 12.0. The minimum Gasteiger partial charge on any atom is -0.351 e. The van der Waals surface area contributed by atoms with Crippen molar-refractivity contribution >= 4 is 34.1 Å². The first-order valence-corrected chi connectivity index (χ1v) is 6.76. The lowest BCUT2D eigenvalue weighted by molar-refractivity contribution is 0.102. The number of hydrogen-bond donors (Lipinski definition) is 2. The Morgan fingerprint density at radius 2 is 2.00 bits per heavy atom. The molecule has 0 atom stereocenters. The number of H-pyrrole nitrogens is 1. The summed E-state index contributed by atoms with van der Waals surface area (Å²) in [6.45, 7) is 1.89. The van der Waals surface area contributed by atoms with Crippen LogP contribution in [0.15, 0.2) is 42.5 Å². The number of aryl methyl sites for hydroxylation is 1. The molecule has 0 saturated carbocycles. The average Bonchev–Trinajstić information content (AvgIpc) is 2.86. The topological polar surface area (TPSA) is 44.9 Å². The van der Waals surface area contributed by atoms with Gasteiger partial charge in [-0.25, -0.2) is 4.39 Å². The molecule has 3 nitrogen and oxygen atoms in total. The summed E-state index contributed by atoms with van der Waals surface area (Å²) in [6.07, 6.45) is 0. The summed E-state index contributed by atoms with van der Waals surface area (Å²) in [5, 5.41) is 4.00.